The summed E-state index contributed by atoms with van der Waals surface area (Å²) in [5, 5.41) is 12.2. The number of hydrogen-bond donors (Lipinski definition) is 2. The Morgan fingerprint density at radius 1 is 1.39 bits per heavy atom. The quantitative estimate of drug-likeness (QED) is 0.755. The predicted octanol–water partition coefficient (Wildman–Crippen LogP) is 2.74. The van der Waals surface area contributed by atoms with Crippen LogP contribution in [-0.4, -0.2) is 36.6 Å². The van der Waals surface area contributed by atoms with Crippen LogP contribution in [0.15, 0.2) is 11.8 Å². The van der Waals surface area contributed by atoms with Gasteiger partial charge in [-0.25, -0.2) is 0 Å². The average molecular weight is 325 g/mol. The molecule has 1 fully saturated rings. The van der Waals surface area contributed by atoms with Gasteiger partial charge in [0.05, 0.1) is 0 Å². The van der Waals surface area contributed by atoms with Crippen molar-refractivity contribution in [1.29, 1.82) is 0 Å². The first-order chi connectivity index (χ1) is 11.2. The monoisotopic (exact) mass is 325 g/mol. The number of hydrogen-bond acceptors (Lipinski definition) is 4. The number of amides is 1. The molecule has 1 heterocycles. The van der Waals surface area contributed by atoms with Gasteiger partial charge in [0.15, 0.2) is 5.76 Å². The number of allylic oxidation sites excluding steroid dienone is 1. The second kappa shape index (κ2) is 9.28. The van der Waals surface area contributed by atoms with Gasteiger partial charge in [-0.3, -0.25) is 4.79 Å². The summed E-state index contributed by atoms with van der Waals surface area (Å²) in [7, 11) is 0. The zero-order valence-corrected chi connectivity index (χ0v) is 14.4. The van der Waals surface area contributed by atoms with E-state index >= 15 is 0 Å². The Bertz CT molecular complexity index is 404. The summed E-state index contributed by atoms with van der Waals surface area (Å²) in [5.41, 5.74) is 0. The van der Waals surface area contributed by atoms with Gasteiger partial charge in [0.1, 0.15) is 0 Å². The maximum absolute atomic E-state index is 12.5. The van der Waals surface area contributed by atoms with Gasteiger partial charge in [-0.1, -0.05) is 26.2 Å². The smallest absolute Gasteiger partial charge is 0.286 e. The number of aliphatic hydroxyl groups excluding tert-OH is 1. The van der Waals surface area contributed by atoms with Crippen LogP contribution in [0.25, 0.3) is 0 Å². The molecule has 2 N–H and O–H groups in total. The Morgan fingerprint density at radius 3 is 2.78 bits per heavy atom. The fourth-order valence-corrected chi connectivity index (χ4v) is 3.54. The number of nitrogens with one attached hydrogen (secondary N) is 1. The highest BCUT2D eigenvalue weighted by molar-refractivity contribution is 5.91. The van der Waals surface area contributed by atoms with Crippen LogP contribution in [0, 0.1) is 11.8 Å². The zero-order chi connectivity index (χ0) is 16.7. The van der Waals surface area contributed by atoms with Gasteiger partial charge in [0, 0.05) is 25.2 Å². The molecule has 0 aromatic heterocycles. The molecule has 5 heteroatoms. The van der Waals surface area contributed by atoms with Crippen LogP contribution in [0.1, 0.15) is 58.8 Å². The molecular formula is C18H31NO4. The molecule has 0 aromatic carbocycles. The molecule has 1 amide bonds. The molecule has 2 rings (SSSR count). The summed E-state index contributed by atoms with van der Waals surface area (Å²) in [6.45, 7) is 4.73. The zero-order valence-electron chi connectivity index (χ0n) is 14.4. The molecule has 23 heavy (non-hydrogen) atoms. The fourth-order valence-electron chi connectivity index (χ4n) is 3.54. The van der Waals surface area contributed by atoms with Gasteiger partial charge in [0.2, 0.25) is 6.29 Å². The Kier molecular flexibility index (Phi) is 7.37. The maximum atomic E-state index is 12.5. The van der Waals surface area contributed by atoms with Gasteiger partial charge in [-0.15, -0.1) is 0 Å². The lowest BCUT2D eigenvalue weighted by molar-refractivity contribution is -0.171. The van der Waals surface area contributed by atoms with Crippen LogP contribution < -0.4 is 5.32 Å². The van der Waals surface area contributed by atoms with Crippen molar-refractivity contribution >= 4 is 5.91 Å². The first-order valence-electron chi connectivity index (χ1n) is 9.07. The lowest BCUT2D eigenvalue weighted by atomic mass is 9.86. The van der Waals surface area contributed by atoms with Gasteiger partial charge in [-0.2, -0.15) is 0 Å². The second-order valence-corrected chi connectivity index (χ2v) is 6.67. The van der Waals surface area contributed by atoms with Crippen molar-refractivity contribution in [2.45, 2.75) is 71.1 Å². The van der Waals surface area contributed by atoms with E-state index in [0.29, 0.717) is 12.4 Å². The second-order valence-electron chi connectivity index (χ2n) is 6.67. The van der Waals surface area contributed by atoms with Crippen molar-refractivity contribution in [1.82, 2.24) is 5.32 Å². The first-order valence-corrected chi connectivity index (χ1v) is 9.07. The molecule has 0 unspecified atom stereocenters. The van der Waals surface area contributed by atoms with E-state index in [1.165, 1.54) is 19.3 Å². The van der Waals surface area contributed by atoms with Crippen molar-refractivity contribution < 1.29 is 19.4 Å². The van der Waals surface area contributed by atoms with Crippen LogP contribution >= 0.6 is 0 Å². The largest absolute Gasteiger partial charge is 0.459 e. The van der Waals surface area contributed by atoms with E-state index in [-0.39, 0.29) is 30.4 Å². The molecule has 0 radical (unpaired) electrons. The van der Waals surface area contributed by atoms with Gasteiger partial charge >= 0.3 is 0 Å². The summed E-state index contributed by atoms with van der Waals surface area (Å²) >= 11 is 0. The minimum Gasteiger partial charge on any atom is -0.459 e. The van der Waals surface area contributed by atoms with Crippen molar-refractivity contribution in [3.05, 3.63) is 11.8 Å². The molecule has 2 aliphatic rings. The molecule has 0 bridgehead atoms. The topological polar surface area (TPSA) is 67.8 Å². The van der Waals surface area contributed by atoms with Gasteiger partial charge in [0.25, 0.3) is 5.91 Å². The maximum Gasteiger partial charge on any atom is 0.286 e. The van der Waals surface area contributed by atoms with E-state index < -0.39 is 6.29 Å². The lowest BCUT2D eigenvalue weighted by Crippen LogP contribution is -2.42. The SMILES string of the molecule is CCO[C@@H]1OC(C(=O)NC2CCCCC2)=C[C@H](C)[C@@H]1CCCO. The molecule has 1 aliphatic carbocycles. The normalized spacial score (nSPS) is 28.8. The Labute approximate surface area is 139 Å². The van der Waals surface area contributed by atoms with Gasteiger partial charge < -0.3 is 19.9 Å². The molecule has 132 valence electrons. The Balaban J connectivity index is 1.98. The third-order valence-corrected chi connectivity index (χ3v) is 4.87. The lowest BCUT2D eigenvalue weighted by Gasteiger charge is -2.35. The van der Waals surface area contributed by atoms with Crippen LogP contribution in [0.5, 0.6) is 0 Å². The van der Waals surface area contributed by atoms with Crippen LogP contribution in [0.3, 0.4) is 0 Å². The third kappa shape index (κ3) is 5.21. The molecule has 3 atom stereocenters. The number of rotatable bonds is 7. The molecule has 5 nitrogen and oxygen atoms in total. The highest BCUT2D eigenvalue weighted by Crippen LogP contribution is 2.32. The first kappa shape index (κ1) is 18.3. The minimum atomic E-state index is -0.404. The molecule has 1 aliphatic heterocycles. The Hall–Kier alpha value is -1.07. The highest BCUT2D eigenvalue weighted by atomic mass is 16.7. The molecule has 0 aromatic rings. The number of carbonyl (C=O) groups excluding carboxylic acids is 1. The van der Waals surface area contributed by atoms with Crippen molar-refractivity contribution in [2.75, 3.05) is 13.2 Å². The number of carbonyl (C=O) groups is 1. The van der Waals surface area contributed by atoms with Gasteiger partial charge in [-0.05, 0) is 44.6 Å². The fraction of sp³-hybridized carbons (Fsp3) is 0.833. The van der Waals surface area contributed by atoms with E-state index in [1.54, 1.807) is 0 Å². The number of ether oxygens (including phenoxy) is 2. The molecule has 0 saturated heterocycles. The van der Waals surface area contributed by atoms with E-state index in [4.69, 9.17) is 14.6 Å². The third-order valence-electron chi connectivity index (χ3n) is 4.87. The summed E-state index contributed by atoms with van der Waals surface area (Å²) in [5.74, 6) is 0.642. The van der Waals surface area contributed by atoms with E-state index in [1.807, 2.05) is 13.0 Å². The van der Waals surface area contributed by atoms with E-state index in [2.05, 4.69) is 12.2 Å². The predicted molar refractivity (Wildman–Crippen MR) is 88.6 cm³/mol. The summed E-state index contributed by atoms with van der Waals surface area (Å²) < 4.78 is 11.6. The minimum absolute atomic E-state index is 0.117. The standard InChI is InChI=1S/C18H31NO4/c1-3-22-18-15(10-7-11-20)13(2)12-16(23-18)17(21)19-14-8-5-4-6-9-14/h12-15,18,20H,3-11H2,1-2H3,(H,19,21)/t13-,15-,18+/m0/s1. The number of aliphatic hydroxyl groups is 1. The van der Waals surface area contributed by atoms with Crippen LogP contribution in [0.4, 0.5) is 0 Å². The summed E-state index contributed by atoms with van der Waals surface area (Å²) in [6, 6.07) is 0.272. The molecule has 1 saturated carbocycles. The van der Waals surface area contributed by atoms with Crippen molar-refractivity contribution in [3.8, 4) is 0 Å². The van der Waals surface area contributed by atoms with Crippen molar-refractivity contribution in [2.24, 2.45) is 11.8 Å². The van der Waals surface area contributed by atoms with E-state index in [0.717, 1.165) is 25.7 Å². The molecule has 0 spiro atoms. The van der Waals surface area contributed by atoms with Crippen LogP contribution in [-0.2, 0) is 14.3 Å². The van der Waals surface area contributed by atoms with Crippen LogP contribution in [0.2, 0.25) is 0 Å². The van der Waals surface area contributed by atoms with E-state index in [9.17, 15) is 4.79 Å². The van der Waals surface area contributed by atoms with Crippen molar-refractivity contribution in [3.63, 3.8) is 0 Å². The average Bonchev–Trinajstić information content (AvgIpc) is 2.55. The highest BCUT2D eigenvalue weighted by Gasteiger charge is 2.35. The molecular weight excluding hydrogens is 294 g/mol. The summed E-state index contributed by atoms with van der Waals surface area (Å²) in [4.78, 5) is 12.5. The summed E-state index contributed by atoms with van der Waals surface area (Å²) in [6.07, 6.45) is 8.81. The Morgan fingerprint density at radius 2 is 2.13 bits per heavy atom.